The number of non-ortho nitro benzene ring substituents is 1. The zero-order valence-electron chi connectivity index (χ0n) is 15.2. The molecule has 150 valence electrons. The van der Waals surface area contributed by atoms with Crippen LogP contribution in [0.4, 0.5) is 10.5 Å². The van der Waals surface area contributed by atoms with E-state index in [2.05, 4.69) is 26.6 Å². The number of carbonyl (C=O) groups is 3. The van der Waals surface area contributed by atoms with Crippen LogP contribution in [-0.2, 0) is 6.54 Å². The van der Waals surface area contributed by atoms with Gasteiger partial charge in [0.05, 0.1) is 16.1 Å². The lowest BCUT2D eigenvalue weighted by Gasteiger charge is -2.14. The van der Waals surface area contributed by atoms with Crippen molar-refractivity contribution in [3.05, 3.63) is 73.7 Å². The standard InChI is InChI=1S/C19H17BrN4O5/c20-16-5-2-1-4-12(16)11-22-19(27)21-8-3-9-23-17(25)14-7-6-13(24(28)29)10-15(14)18(23)26/h1-2,4-7,10H,3,8-9,11H2,(H2,21,22,27). The first-order valence-corrected chi connectivity index (χ1v) is 9.57. The smallest absolute Gasteiger partial charge is 0.315 e. The van der Waals surface area contributed by atoms with Gasteiger partial charge in [-0.3, -0.25) is 24.6 Å². The maximum absolute atomic E-state index is 12.4. The molecular formula is C19H17BrN4O5. The molecule has 0 aromatic heterocycles. The van der Waals surface area contributed by atoms with Crippen LogP contribution >= 0.6 is 15.9 Å². The Kier molecular flexibility index (Phi) is 6.23. The Morgan fingerprint density at radius 3 is 2.52 bits per heavy atom. The SMILES string of the molecule is O=C(NCCCN1C(=O)c2ccc([N+](=O)[O-])cc2C1=O)NCc1ccccc1Br. The van der Waals surface area contributed by atoms with Crippen molar-refractivity contribution in [2.45, 2.75) is 13.0 Å². The molecule has 3 rings (SSSR count). The fourth-order valence-electron chi connectivity index (χ4n) is 2.91. The molecule has 0 saturated heterocycles. The average Bonchev–Trinajstić information content (AvgIpc) is 2.94. The largest absolute Gasteiger partial charge is 0.338 e. The summed E-state index contributed by atoms with van der Waals surface area (Å²) in [6.45, 7) is 0.713. The van der Waals surface area contributed by atoms with Crippen LogP contribution < -0.4 is 10.6 Å². The number of nitro groups is 1. The Morgan fingerprint density at radius 2 is 1.79 bits per heavy atom. The lowest BCUT2D eigenvalue weighted by Crippen LogP contribution is -2.37. The molecule has 1 aliphatic rings. The van der Waals surface area contributed by atoms with Crippen molar-refractivity contribution in [1.29, 1.82) is 0 Å². The highest BCUT2D eigenvalue weighted by atomic mass is 79.9. The molecule has 0 spiro atoms. The summed E-state index contributed by atoms with van der Waals surface area (Å²) in [5, 5.41) is 16.2. The number of halogens is 1. The van der Waals surface area contributed by atoms with Crippen molar-refractivity contribution in [2.75, 3.05) is 13.1 Å². The summed E-state index contributed by atoms with van der Waals surface area (Å²) < 4.78 is 0.895. The maximum atomic E-state index is 12.4. The summed E-state index contributed by atoms with van der Waals surface area (Å²) >= 11 is 3.41. The minimum atomic E-state index is -0.614. The van der Waals surface area contributed by atoms with Crippen molar-refractivity contribution in [3.8, 4) is 0 Å². The molecule has 0 bridgehead atoms. The molecule has 1 aliphatic heterocycles. The number of imide groups is 1. The Morgan fingerprint density at radius 1 is 1.07 bits per heavy atom. The summed E-state index contributed by atoms with van der Waals surface area (Å²) in [4.78, 5) is 47.9. The number of fused-ring (bicyclic) bond motifs is 1. The van der Waals surface area contributed by atoms with Crippen LogP contribution in [0.15, 0.2) is 46.9 Å². The van der Waals surface area contributed by atoms with E-state index in [4.69, 9.17) is 0 Å². The van der Waals surface area contributed by atoms with Crippen molar-refractivity contribution in [3.63, 3.8) is 0 Å². The Bertz CT molecular complexity index is 994. The number of urea groups is 1. The van der Waals surface area contributed by atoms with Crippen molar-refractivity contribution >= 4 is 39.5 Å². The normalized spacial score (nSPS) is 12.7. The summed E-state index contributed by atoms with van der Waals surface area (Å²) in [6, 6.07) is 10.8. The van der Waals surface area contributed by atoms with Crippen LogP contribution in [0.25, 0.3) is 0 Å². The second-order valence-corrected chi connectivity index (χ2v) is 7.16. The van der Waals surface area contributed by atoms with Gasteiger partial charge in [-0.2, -0.15) is 0 Å². The molecule has 0 radical (unpaired) electrons. The highest BCUT2D eigenvalue weighted by Gasteiger charge is 2.36. The third-order valence-corrected chi connectivity index (χ3v) is 5.18. The maximum Gasteiger partial charge on any atom is 0.315 e. The minimum absolute atomic E-state index is 0.0309. The number of rotatable bonds is 7. The molecule has 0 atom stereocenters. The Balaban J connectivity index is 1.46. The lowest BCUT2D eigenvalue weighted by molar-refractivity contribution is -0.384. The second-order valence-electron chi connectivity index (χ2n) is 6.30. The monoisotopic (exact) mass is 460 g/mol. The van der Waals surface area contributed by atoms with Crippen LogP contribution in [0.1, 0.15) is 32.7 Å². The number of hydrogen-bond donors (Lipinski definition) is 2. The first kappa shape index (κ1) is 20.5. The fourth-order valence-corrected chi connectivity index (χ4v) is 3.34. The Hall–Kier alpha value is -3.27. The third kappa shape index (κ3) is 4.60. The molecule has 0 aliphatic carbocycles. The van der Waals surface area contributed by atoms with Gasteiger partial charge in [-0.1, -0.05) is 34.1 Å². The van der Waals surface area contributed by atoms with Gasteiger partial charge in [0.15, 0.2) is 0 Å². The molecular weight excluding hydrogens is 444 g/mol. The molecule has 0 unspecified atom stereocenters. The van der Waals surface area contributed by atoms with Gasteiger partial charge in [-0.25, -0.2) is 4.79 Å². The average molecular weight is 461 g/mol. The highest BCUT2D eigenvalue weighted by molar-refractivity contribution is 9.10. The first-order valence-electron chi connectivity index (χ1n) is 8.78. The van der Waals surface area contributed by atoms with E-state index in [0.29, 0.717) is 13.0 Å². The van der Waals surface area contributed by atoms with E-state index < -0.39 is 16.7 Å². The topological polar surface area (TPSA) is 122 Å². The highest BCUT2D eigenvalue weighted by Crippen LogP contribution is 2.26. The number of hydrogen-bond acceptors (Lipinski definition) is 5. The van der Waals surface area contributed by atoms with Crippen LogP contribution in [0.3, 0.4) is 0 Å². The van der Waals surface area contributed by atoms with Crippen molar-refractivity contribution < 1.29 is 19.3 Å². The molecule has 1 heterocycles. The first-order chi connectivity index (χ1) is 13.9. The van der Waals surface area contributed by atoms with Crippen LogP contribution in [-0.4, -0.2) is 40.8 Å². The number of carbonyl (C=O) groups excluding carboxylic acids is 3. The van der Waals surface area contributed by atoms with Crippen LogP contribution in [0, 0.1) is 10.1 Å². The van der Waals surface area contributed by atoms with Crippen LogP contribution in [0.2, 0.25) is 0 Å². The minimum Gasteiger partial charge on any atom is -0.338 e. The van der Waals surface area contributed by atoms with Gasteiger partial charge >= 0.3 is 6.03 Å². The number of nitrogens with zero attached hydrogens (tertiary/aromatic N) is 2. The number of benzene rings is 2. The molecule has 29 heavy (non-hydrogen) atoms. The molecule has 4 amide bonds. The summed E-state index contributed by atoms with van der Waals surface area (Å²) in [5.74, 6) is -1.05. The van der Waals surface area contributed by atoms with Gasteiger partial charge in [0.1, 0.15) is 0 Å². The molecule has 2 aromatic rings. The van der Waals surface area contributed by atoms with Crippen LogP contribution in [0.5, 0.6) is 0 Å². The van der Waals surface area contributed by atoms with E-state index in [1.54, 1.807) is 0 Å². The second kappa shape index (κ2) is 8.82. The van der Waals surface area contributed by atoms with E-state index in [1.807, 2.05) is 24.3 Å². The number of nitro benzene ring substituents is 1. The van der Waals surface area contributed by atoms with E-state index in [-0.39, 0.29) is 35.9 Å². The summed E-state index contributed by atoms with van der Waals surface area (Å²) in [7, 11) is 0. The summed E-state index contributed by atoms with van der Waals surface area (Å²) in [5.41, 5.74) is 0.876. The predicted octanol–water partition coefficient (Wildman–Crippen LogP) is 2.84. The van der Waals surface area contributed by atoms with Crippen molar-refractivity contribution in [1.82, 2.24) is 15.5 Å². The molecule has 0 fully saturated rings. The van der Waals surface area contributed by atoms with Gasteiger partial charge in [0, 0.05) is 36.2 Å². The van der Waals surface area contributed by atoms with E-state index in [0.717, 1.165) is 21.0 Å². The Labute approximate surface area is 174 Å². The van der Waals surface area contributed by atoms with Gasteiger partial charge < -0.3 is 10.6 Å². The summed E-state index contributed by atoms with van der Waals surface area (Å²) in [6.07, 6.45) is 0.357. The van der Waals surface area contributed by atoms with Gasteiger partial charge in [0.2, 0.25) is 0 Å². The zero-order chi connectivity index (χ0) is 21.0. The molecule has 2 aromatic carbocycles. The number of nitrogens with one attached hydrogen (secondary N) is 2. The quantitative estimate of drug-likeness (QED) is 0.284. The van der Waals surface area contributed by atoms with Gasteiger partial charge in [-0.15, -0.1) is 0 Å². The molecule has 10 heteroatoms. The van der Waals surface area contributed by atoms with Gasteiger partial charge in [0.25, 0.3) is 17.5 Å². The lowest BCUT2D eigenvalue weighted by atomic mass is 10.1. The van der Waals surface area contributed by atoms with Gasteiger partial charge in [-0.05, 0) is 24.1 Å². The predicted molar refractivity (Wildman–Crippen MR) is 107 cm³/mol. The zero-order valence-corrected chi connectivity index (χ0v) is 16.8. The van der Waals surface area contributed by atoms with E-state index >= 15 is 0 Å². The van der Waals surface area contributed by atoms with E-state index in [1.165, 1.54) is 12.1 Å². The third-order valence-electron chi connectivity index (χ3n) is 4.41. The number of amides is 4. The van der Waals surface area contributed by atoms with E-state index in [9.17, 15) is 24.5 Å². The fraction of sp³-hybridized carbons (Fsp3) is 0.211. The van der Waals surface area contributed by atoms with Crippen molar-refractivity contribution in [2.24, 2.45) is 0 Å². The molecule has 2 N–H and O–H groups in total. The molecule has 9 nitrogen and oxygen atoms in total. The molecule has 0 saturated carbocycles.